The lowest BCUT2D eigenvalue weighted by atomic mass is 9.88. The van der Waals surface area contributed by atoms with Crippen LogP contribution < -0.4 is 5.32 Å². The van der Waals surface area contributed by atoms with E-state index in [2.05, 4.69) is 12.2 Å². The average molecular weight is 322 g/mol. The summed E-state index contributed by atoms with van der Waals surface area (Å²) in [6, 6.07) is 3.72. The van der Waals surface area contributed by atoms with Gasteiger partial charge in [0.25, 0.3) is 5.91 Å². The van der Waals surface area contributed by atoms with E-state index >= 15 is 0 Å². The lowest BCUT2D eigenvalue weighted by molar-refractivity contribution is -0.385. The number of nitro groups is 1. The van der Waals surface area contributed by atoms with Crippen molar-refractivity contribution in [2.75, 3.05) is 5.32 Å². The third-order valence-corrected chi connectivity index (χ3v) is 4.09. The molecule has 1 saturated carbocycles. The Labute approximate surface area is 134 Å². The zero-order valence-corrected chi connectivity index (χ0v) is 13.3. The van der Waals surface area contributed by atoms with Crippen LogP contribution in [0.1, 0.15) is 39.5 Å². The Bertz CT molecular complexity index is 590. The molecule has 2 N–H and O–H groups in total. The van der Waals surface area contributed by atoms with E-state index in [0.29, 0.717) is 5.92 Å². The number of aromatic hydroxyl groups is 1. The van der Waals surface area contributed by atoms with Gasteiger partial charge in [-0.05, 0) is 37.8 Å². The van der Waals surface area contributed by atoms with Crippen LogP contribution in [0.5, 0.6) is 5.75 Å². The maximum absolute atomic E-state index is 12.2. The Balaban J connectivity index is 1.95. The van der Waals surface area contributed by atoms with Crippen molar-refractivity contribution < 1.29 is 19.6 Å². The summed E-state index contributed by atoms with van der Waals surface area (Å²) in [7, 11) is 0. The van der Waals surface area contributed by atoms with Gasteiger partial charge in [-0.15, -0.1) is 0 Å². The number of amides is 1. The van der Waals surface area contributed by atoms with Gasteiger partial charge < -0.3 is 15.2 Å². The van der Waals surface area contributed by atoms with E-state index in [1.54, 1.807) is 6.92 Å². The molecule has 3 unspecified atom stereocenters. The Morgan fingerprint density at radius 3 is 2.87 bits per heavy atom. The van der Waals surface area contributed by atoms with Crippen molar-refractivity contribution in [3.63, 3.8) is 0 Å². The highest BCUT2D eigenvalue weighted by Crippen LogP contribution is 2.29. The van der Waals surface area contributed by atoms with E-state index in [9.17, 15) is 20.0 Å². The third kappa shape index (κ3) is 4.66. The normalized spacial score (nSPS) is 22.3. The smallest absolute Gasteiger partial charge is 0.312 e. The van der Waals surface area contributed by atoms with Crippen molar-refractivity contribution in [2.45, 2.75) is 51.7 Å². The van der Waals surface area contributed by atoms with E-state index in [4.69, 9.17) is 4.74 Å². The van der Waals surface area contributed by atoms with Crippen molar-refractivity contribution in [1.82, 2.24) is 0 Å². The summed E-state index contributed by atoms with van der Waals surface area (Å²) in [5.74, 6) is -0.194. The zero-order chi connectivity index (χ0) is 17.0. The summed E-state index contributed by atoms with van der Waals surface area (Å²) in [5.41, 5.74) is -0.190. The van der Waals surface area contributed by atoms with Gasteiger partial charge in [0.15, 0.2) is 5.75 Å². The quantitative estimate of drug-likeness (QED) is 0.492. The molecule has 1 aliphatic carbocycles. The first-order chi connectivity index (χ1) is 10.9. The van der Waals surface area contributed by atoms with E-state index < -0.39 is 22.5 Å². The first-order valence-electron chi connectivity index (χ1n) is 7.80. The second-order valence-electron chi connectivity index (χ2n) is 6.12. The number of nitrogens with zero attached hydrogens (tertiary/aromatic N) is 1. The van der Waals surface area contributed by atoms with Gasteiger partial charge >= 0.3 is 5.69 Å². The van der Waals surface area contributed by atoms with Crippen LogP contribution >= 0.6 is 0 Å². The van der Waals surface area contributed by atoms with Crippen molar-refractivity contribution in [3.8, 4) is 5.75 Å². The van der Waals surface area contributed by atoms with Gasteiger partial charge in [-0.3, -0.25) is 14.9 Å². The lowest BCUT2D eigenvalue weighted by Crippen LogP contribution is -2.33. The molecule has 1 aromatic carbocycles. The molecule has 1 aromatic rings. The third-order valence-electron chi connectivity index (χ3n) is 4.09. The number of anilines is 1. The molecule has 0 spiro atoms. The molecule has 0 saturated heterocycles. The van der Waals surface area contributed by atoms with Gasteiger partial charge in [0.1, 0.15) is 6.10 Å². The van der Waals surface area contributed by atoms with E-state index in [0.717, 1.165) is 25.3 Å². The van der Waals surface area contributed by atoms with E-state index in [-0.39, 0.29) is 17.7 Å². The number of nitrogens with one attached hydrogen (secondary N) is 1. The average Bonchev–Trinajstić information content (AvgIpc) is 2.48. The number of rotatable bonds is 5. The van der Waals surface area contributed by atoms with Crippen LogP contribution in [0.2, 0.25) is 0 Å². The van der Waals surface area contributed by atoms with Gasteiger partial charge in [0, 0.05) is 11.8 Å². The molecule has 0 aliphatic heterocycles. The largest absolute Gasteiger partial charge is 0.502 e. The fourth-order valence-electron chi connectivity index (χ4n) is 2.84. The standard InChI is InChI=1S/C16H22N2O5/c1-10-4-3-5-13(8-10)23-11(2)16(20)17-12-6-7-15(19)14(9-12)18(21)22/h6-7,9-11,13,19H,3-5,8H2,1-2H3,(H,17,20). The second-order valence-corrected chi connectivity index (χ2v) is 6.12. The lowest BCUT2D eigenvalue weighted by Gasteiger charge is -2.28. The number of phenols is 1. The van der Waals surface area contributed by atoms with Gasteiger partial charge in [-0.2, -0.15) is 0 Å². The Morgan fingerprint density at radius 2 is 2.22 bits per heavy atom. The molecule has 1 fully saturated rings. The molecule has 3 atom stereocenters. The number of benzene rings is 1. The van der Waals surface area contributed by atoms with Crippen LogP contribution in [0.25, 0.3) is 0 Å². The van der Waals surface area contributed by atoms with Gasteiger partial charge in [-0.1, -0.05) is 19.8 Å². The summed E-state index contributed by atoms with van der Waals surface area (Å²) < 4.78 is 5.80. The molecule has 1 amide bonds. The van der Waals surface area contributed by atoms with Crippen LogP contribution in [0.15, 0.2) is 18.2 Å². The SMILES string of the molecule is CC1CCCC(OC(C)C(=O)Nc2ccc(O)c([N+](=O)[O-])c2)C1. The van der Waals surface area contributed by atoms with Crippen molar-refractivity contribution in [2.24, 2.45) is 5.92 Å². The number of hydrogen-bond acceptors (Lipinski definition) is 5. The van der Waals surface area contributed by atoms with Crippen molar-refractivity contribution in [1.29, 1.82) is 0 Å². The molecular formula is C16H22N2O5. The monoisotopic (exact) mass is 322 g/mol. The predicted molar refractivity (Wildman–Crippen MR) is 85.4 cm³/mol. The molecule has 7 heteroatoms. The highest BCUT2D eigenvalue weighted by Gasteiger charge is 2.24. The fraction of sp³-hybridized carbons (Fsp3) is 0.562. The summed E-state index contributed by atoms with van der Waals surface area (Å²) in [6.45, 7) is 3.85. The molecule has 0 radical (unpaired) electrons. The number of ether oxygens (including phenoxy) is 1. The van der Waals surface area contributed by atoms with Crippen LogP contribution in [0, 0.1) is 16.0 Å². The summed E-state index contributed by atoms with van der Waals surface area (Å²) in [6.07, 6.45) is 3.63. The van der Waals surface area contributed by atoms with Crippen LogP contribution in [-0.2, 0) is 9.53 Å². The first-order valence-corrected chi connectivity index (χ1v) is 7.80. The van der Waals surface area contributed by atoms with Crippen molar-refractivity contribution >= 4 is 17.3 Å². The Hall–Kier alpha value is -2.15. The van der Waals surface area contributed by atoms with E-state index in [1.807, 2.05) is 0 Å². The topological polar surface area (TPSA) is 102 Å². The minimum Gasteiger partial charge on any atom is -0.502 e. The highest BCUT2D eigenvalue weighted by molar-refractivity contribution is 5.94. The van der Waals surface area contributed by atoms with Crippen LogP contribution in [0.4, 0.5) is 11.4 Å². The fourth-order valence-corrected chi connectivity index (χ4v) is 2.84. The maximum atomic E-state index is 12.2. The summed E-state index contributed by atoms with van der Waals surface area (Å²) >= 11 is 0. The first kappa shape index (κ1) is 17.2. The molecule has 0 heterocycles. The number of phenolic OH excluding ortho intramolecular Hbond substituents is 1. The Morgan fingerprint density at radius 1 is 1.48 bits per heavy atom. The minimum absolute atomic E-state index is 0.0775. The van der Waals surface area contributed by atoms with Crippen LogP contribution in [-0.4, -0.2) is 28.1 Å². The molecule has 0 aromatic heterocycles. The molecular weight excluding hydrogens is 300 g/mol. The molecule has 126 valence electrons. The predicted octanol–water partition coefficient (Wildman–Crippen LogP) is 3.22. The van der Waals surface area contributed by atoms with Gasteiger partial charge in [-0.25, -0.2) is 0 Å². The minimum atomic E-state index is -0.700. The highest BCUT2D eigenvalue weighted by atomic mass is 16.6. The summed E-state index contributed by atoms with van der Waals surface area (Å²) in [5, 5.41) is 22.8. The maximum Gasteiger partial charge on any atom is 0.312 e. The summed E-state index contributed by atoms with van der Waals surface area (Å²) in [4.78, 5) is 22.3. The molecule has 1 aliphatic rings. The van der Waals surface area contributed by atoms with E-state index in [1.165, 1.54) is 18.6 Å². The number of hydrogen-bond donors (Lipinski definition) is 2. The Kier molecular flexibility index (Phi) is 5.54. The molecule has 0 bridgehead atoms. The second kappa shape index (κ2) is 7.41. The van der Waals surface area contributed by atoms with Gasteiger partial charge in [0.05, 0.1) is 11.0 Å². The number of carbonyl (C=O) groups is 1. The number of nitro benzene ring substituents is 1. The van der Waals surface area contributed by atoms with Crippen molar-refractivity contribution in [3.05, 3.63) is 28.3 Å². The van der Waals surface area contributed by atoms with Gasteiger partial charge in [0.2, 0.25) is 0 Å². The molecule has 23 heavy (non-hydrogen) atoms. The van der Waals surface area contributed by atoms with Crippen LogP contribution in [0.3, 0.4) is 0 Å². The zero-order valence-electron chi connectivity index (χ0n) is 13.3. The molecule has 2 rings (SSSR count). The number of carbonyl (C=O) groups excluding carboxylic acids is 1. The molecule has 7 nitrogen and oxygen atoms in total.